The van der Waals surface area contributed by atoms with E-state index in [1.807, 2.05) is 30.3 Å². The molecule has 2 amide bonds. The van der Waals surface area contributed by atoms with Crippen molar-refractivity contribution in [1.82, 2.24) is 14.7 Å². The van der Waals surface area contributed by atoms with Crippen molar-refractivity contribution in [3.63, 3.8) is 0 Å². The maximum absolute atomic E-state index is 12.9. The molecule has 2 aromatic rings. The van der Waals surface area contributed by atoms with Gasteiger partial charge in [-0.15, -0.1) is 0 Å². The van der Waals surface area contributed by atoms with Crippen molar-refractivity contribution in [3.05, 3.63) is 48.3 Å². The van der Waals surface area contributed by atoms with Crippen molar-refractivity contribution in [3.8, 4) is 5.69 Å². The van der Waals surface area contributed by atoms with E-state index in [0.29, 0.717) is 24.9 Å². The van der Waals surface area contributed by atoms with E-state index in [2.05, 4.69) is 5.10 Å². The van der Waals surface area contributed by atoms with Crippen LogP contribution in [0.1, 0.15) is 23.2 Å². The van der Waals surface area contributed by atoms with Crippen LogP contribution in [0.3, 0.4) is 0 Å². The molecule has 1 aromatic carbocycles. The van der Waals surface area contributed by atoms with Crippen molar-refractivity contribution in [2.45, 2.75) is 18.4 Å². The number of carbonyl (C=O) groups is 2. The Kier molecular flexibility index (Phi) is 4.35. The Morgan fingerprint density at radius 3 is 2.75 bits per heavy atom. The Morgan fingerprint density at radius 1 is 1.33 bits per heavy atom. The minimum atomic E-state index is -1.08. The number of likely N-dealkylation sites (tertiary alicyclic amines) is 1. The average molecular weight is 328 g/mol. The Hall–Kier alpha value is -2.67. The number of nitrogens with zero attached hydrogens (tertiary/aromatic N) is 3. The predicted molar refractivity (Wildman–Crippen MR) is 87.6 cm³/mol. The summed E-state index contributed by atoms with van der Waals surface area (Å²) in [5.41, 5.74) is 5.78. The third-order valence-electron chi connectivity index (χ3n) is 4.43. The zero-order valence-corrected chi connectivity index (χ0v) is 13.5. The highest BCUT2D eigenvalue weighted by Crippen LogP contribution is 2.31. The summed E-state index contributed by atoms with van der Waals surface area (Å²) in [4.78, 5) is 26.4. The predicted octanol–water partition coefficient (Wildman–Crippen LogP) is 0.979. The number of carbonyl (C=O) groups excluding carboxylic acids is 2. The van der Waals surface area contributed by atoms with Gasteiger partial charge in [-0.3, -0.25) is 9.59 Å². The number of methoxy groups -OCH3 is 1. The zero-order valence-electron chi connectivity index (χ0n) is 13.5. The van der Waals surface area contributed by atoms with Gasteiger partial charge in [-0.2, -0.15) is 5.10 Å². The lowest BCUT2D eigenvalue weighted by atomic mass is 9.96. The van der Waals surface area contributed by atoms with E-state index in [9.17, 15) is 9.59 Å². The highest BCUT2D eigenvalue weighted by Gasteiger charge is 2.49. The first-order chi connectivity index (χ1) is 11.6. The van der Waals surface area contributed by atoms with Crippen LogP contribution >= 0.6 is 0 Å². The summed E-state index contributed by atoms with van der Waals surface area (Å²) in [6.45, 7) is 0.572. The fraction of sp³-hybridized carbons (Fsp3) is 0.353. The summed E-state index contributed by atoms with van der Waals surface area (Å²) in [6.07, 6.45) is 4.39. The molecule has 1 saturated heterocycles. The van der Waals surface area contributed by atoms with Crippen LogP contribution in [0.5, 0.6) is 0 Å². The number of hydrogen-bond acceptors (Lipinski definition) is 4. The number of primary amides is 1. The van der Waals surface area contributed by atoms with E-state index in [4.69, 9.17) is 10.5 Å². The van der Waals surface area contributed by atoms with Crippen LogP contribution in [-0.2, 0) is 9.53 Å². The lowest BCUT2D eigenvalue weighted by Crippen LogP contribution is -2.58. The molecular formula is C17H20N4O3. The summed E-state index contributed by atoms with van der Waals surface area (Å²) in [5.74, 6) is -0.795. The molecule has 126 valence electrons. The van der Waals surface area contributed by atoms with Gasteiger partial charge in [-0.05, 0) is 25.0 Å². The van der Waals surface area contributed by atoms with Crippen LogP contribution in [0, 0.1) is 0 Å². The number of aromatic nitrogens is 2. The summed E-state index contributed by atoms with van der Waals surface area (Å²) < 4.78 is 6.80. The summed E-state index contributed by atoms with van der Waals surface area (Å²) in [7, 11) is 1.50. The fourth-order valence-corrected chi connectivity index (χ4v) is 3.20. The van der Waals surface area contributed by atoms with E-state index in [1.165, 1.54) is 18.2 Å². The summed E-state index contributed by atoms with van der Waals surface area (Å²) in [5, 5.41) is 4.24. The SMILES string of the molecule is COCC1(C(N)=O)CCCN1C(=O)c1cnn(-c2ccccc2)c1. The van der Waals surface area contributed by atoms with Crippen molar-refractivity contribution in [1.29, 1.82) is 0 Å². The number of nitrogens with two attached hydrogens (primary N) is 1. The summed E-state index contributed by atoms with van der Waals surface area (Å²) >= 11 is 0. The largest absolute Gasteiger partial charge is 0.382 e. The molecular weight excluding hydrogens is 308 g/mol. The van der Waals surface area contributed by atoms with Crippen LogP contribution < -0.4 is 5.73 Å². The molecule has 0 bridgehead atoms. The number of benzene rings is 1. The Bertz CT molecular complexity index is 743. The van der Waals surface area contributed by atoms with Gasteiger partial charge in [0.2, 0.25) is 5.91 Å². The molecule has 1 atom stereocenters. The highest BCUT2D eigenvalue weighted by atomic mass is 16.5. The first-order valence-corrected chi connectivity index (χ1v) is 7.79. The minimum absolute atomic E-state index is 0.0981. The Balaban J connectivity index is 1.89. The lowest BCUT2D eigenvalue weighted by Gasteiger charge is -2.34. The Morgan fingerprint density at radius 2 is 2.08 bits per heavy atom. The topological polar surface area (TPSA) is 90.4 Å². The van der Waals surface area contributed by atoms with Crippen molar-refractivity contribution in [2.75, 3.05) is 20.3 Å². The molecule has 0 radical (unpaired) electrons. The van der Waals surface area contributed by atoms with Gasteiger partial charge in [-0.25, -0.2) is 4.68 Å². The third kappa shape index (κ3) is 2.67. The molecule has 1 fully saturated rings. The van der Waals surface area contributed by atoms with Crippen molar-refractivity contribution in [2.24, 2.45) is 5.73 Å². The van der Waals surface area contributed by atoms with Gasteiger partial charge in [0.1, 0.15) is 5.54 Å². The molecule has 1 unspecified atom stereocenters. The molecule has 2 heterocycles. The molecule has 1 aliphatic heterocycles. The molecule has 1 aromatic heterocycles. The van der Waals surface area contributed by atoms with Crippen molar-refractivity contribution < 1.29 is 14.3 Å². The number of hydrogen-bond donors (Lipinski definition) is 1. The molecule has 7 nitrogen and oxygen atoms in total. The van der Waals surface area contributed by atoms with Gasteiger partial charge >= 0.3 is 0 Å². The van der Waals surface area contributed by atoms with Crippen LogP contribution in [0.25, 0.3) is 5.69 Å². The van der Waals surface area contributed by atoms with E-state index in [1.54, 1.807) is 10.9 Å². The van der Waals surface area contributed by atoms with Gasteiger partial charge in [0.25, 0.3) is 5.91 Å². The third-order valence-corrected chi connectivity index (χ3v) is 4.43. The second kappa shape index (κ2) is 6.45. The van der Waals surface area contributed by atoms with Gasteiger partial charge in [0, 0.05) is 19.9 Å². The Labute approximate surface area is 140 Å². The van der Waals surface area contributed by atoms with E-state index in [0.717, 1.165) is 5.69 Å². The van der Waals surface area contributed by atoms with Crippen LogP contribution in [0.4, 0.5) is 0 Å². The maximum Gasteiger partial charge on any atom is 0.258 e. The molecule has 1 aliphatic rings. The molecule has 3 rings (SSSR count). The zero-order chi connectivity index (χ0) is 17.2. The molecule has 2 N–H and O–H groups in total. The number of para-hydroxylation sites is 1. The van der Waals surface area contributed by atoms with Crippen molar-refractivity contribution >= 4 is 11.8 Å². The normalized spacial score (nSPS) is 20.3. The van der Waals surface area contributed by atoms with Gasteiger partial charge in [0.15, 0.2) is 0 Å². The quantitative estimate of drug-likeness (QED) is 0.886. The van der Waals surface area contributed by atoms with E-state index < -0.39 is 11.4 Å². The second-order valence-electron chi connectivity index (χ2n) is 5.90. The average Bonchev–Trinajstić information content (AvgIpc) is 3.23. The minimum Gasteiger partial charge on any atom is -0.382 e. The van der Waals surface area contributed by atoms with Gasteiger partial charge < -0.3 is 15.4 Å². The molecule has 0 spiro atoms. The van der Waals surface area contributed by atoms with Gasteiger partial charge in [-0.1, -0.05) is 18.2 Å². The van der Waals surface area contributed by atoms with Crippen LogP contribution in [-0.4, -0.2) is 52.3 Å². The number of amides is 2. The molecule has 0 saturated carbocycles. The lowest BCUT2D eigenvalue weighted by molar-refractivity contribution is -0.130. The highest BCUT2D eigenvalue weighted by molar-refractivity contribution is 5.99. The van der Waals surface area contributed by atoms with Gasteiger partial charge in [0.05, 0.1) is 24.1 Å². The van der Waals surface area contributed by atoms with E-state index >= 15 is 0 Å². The van der Waals surface area contributed by atoms with Crippen LogP contribution in [0.2, 0.25) is 0 Å². The van der Waals surface area contributed by atoms with Crippen LogP contribution in [0.15, 0.2) is 42.7 Å². The first kappa shape index (κ1) is 16.2. The molecule has 24 heavy (non-hydrogen) atoms. The maximum atomic E-state index is 12.9. The smallest absolute Gasteiger partial charge is 0.258 e. The summed E-state index contributed by atoms with van der Waals surface area (Å²) in [6, 6.07) is 9.51. The number of ether oxygens (including phenoxy) is 1. The second-order valence-corrected chi connectivity index (χ2v) is 5.90. The standard InChI is InChI=1S/C17H20N4O3/c1-24-12-17(16(18)23)8-5-9-20(17)15(22)13-10-19-21(11-13)14-6-3-2-4-7-14/h2-4,6-7,10-11H,5,8-9,12H2,1H3,(H2,18,23). The number of rotatable bonds is 5. The fourth-order valence-electron chi connectivity index (χ4n) is 3.20. The molecule has 0 aliphatic carbocycles. The molecule has 7 heteroatoms. The monoisotopic (exact) mass is 328 g/mol. The first-order valence-electron chi connectivity index (χ1n) is 7.79. The van der Waals surface area contributed by atoms with E-state index in [-0.39, 0.29) is 12.5 Å².